The summed E-state index contributed by atoms with van der Waals surface area (Å²) in [4.78, 5) is 16.3. The molecule has 1 amide bonds. The number of nitrogens with one attached hydrogen (secondary N) is 1. The Hall–Kier alpha value is -3.93. The highest BCUT2D eigenvalue weighted by Gasteiger charge is 2.09. The van der Waals surface area contributed by atoms with Crippen LogP contribution in [0.2, 0.25) is 0 Å². The first-order valence-corrected chi connectivity index (χ1v) is 9.27. The minimum absolute atomic E-state index is 0.223. The van der Waals surface area contributed by atoms with Crippen molar-refractivity contribution in [1.29, 1.82) is 0 Å². The molecule has 0 aliphatic rings. The molecule has 0 fully saturated rings. The van der Waals surface area contributed by atoms with Crippen LogP contribution in [0.15, 0.2) is 91.4 Å². The highest BCUT2D eigenvalue weighted by atomic mass is 16.5. The second-order valence-corrected chi connectivity index (χ2v) is 6.45. The minimum atomic E-state index is -0.236. The minimum Gasteiger partial charge on any atom is -0.471 e. The summed E-state index contributed by atoms with van der Waals surface area (Å²) in [6.45, 7) is 0.629. The molecule has 0 aliphatic carbocycles. The molecule has 6 heteroatoms. The summed E-state index contributed by atoms with van der Waals surface area (Å²) < 4.78 is 7.35. The van der Waals surface area contributed by atoms with E-state index < -0.39 is 0 Å². The smallest absolute Gasteiger partial charge is 0.272 e. The Balaban J connectivity index is 1.30. The lowest BCUT2D eigenvalue weighted by Crippen LogP contribution is -2.23. The Morgan fingerprint density at radius 2 is 1.72 bits per heavy atom. The van der Waals surface area contributed by atoms with Gasteiger partial charge in [0.2, 0.25) is 0 Å². The number of carbonyl (C=O) groups is 1. The summed E-state index contributed by atoms with van der Waals surface area (Å²) in [5, 5.41) is 7.10. The maximum absolute atomic E-state index is 12.2. The summed E-state index contributed by atoms with van der Waals surface area (Å²) in [5.74, 6) is 0.502. The summed E-state index contributed by atoms with van der Waals surface area (Å²) in [6, 6.07) is 23.5. The van der Waals surface area contributed by atoms with Crippen LogP contribution in [-0.4, -0.2) is 20.7 Å². The van der Waals surface area contributed by atoms with Crippen LogP contribution in [-0.2, 0) is 13.3 Å². The summed E-state index contributed by atoms with van der Waals surface area (Å²) >= 11 is 0. The fourth-order valence-corrected chi connectivity index (χ4v) is 2.85. The molecular formula is C23H20N4O2. The molecule has 4 rings (SSSR count). The van der Waals surface area contributed by atoms with Gasteiger partial charge in [-0.05, 0) is 41.0 Å². The fraction of sp³-hybridized carbons (Fsp3) is 0.0870. The van der Waals surface area contributed by atoms with Gasteiger partial charge in [0, 0.05) is 25.1 Å². The molecule has 29 heavy (non-hydrogen) atoms. The van der Waals surface area contributed by atoms with E-state index in [0.717, 1.165) is 22.4 Å². The average Bonchev–Trinajstić information content (AvgIpc) is 3.27. The zero-order chi connectivity index (χ0) is 19.9. The summed E-state index contributed by atoms with van der Waals surface area (Å²) in [7, 11) is 0. The number of nitrogens with zero attached hydrogens (tertiary/aromatic N) is 3. The van der Waals surface area contributed by atoms with Crippen LogP contribution in [0.3, 0.4) is 0 Å². The number of amides is 1. The predicted molar refractivity (Wildman–Crippen MR) is 110 cm³/mol. The van der Waals surface area contributed by atoms with Crippen molar-refractivity contribution in [2.75, 3.05) is 0 Å². The van der Waals surface area contributed by atoms with Crippen molar-refractivity contribution < 1.29 is 9.53 Å². The number of ether oxygens (including phenoxy) is 1. The Kier molecular flexibility index (Phi) is 5.62. The Labute approximate surface area is 168 Å². The van der Waals surface area contributed by atoms with E-state index in [4.69, 9.17) is 4.74 Å². The van der Waals surface area contributed by atoms with Gasteiger partial charge in [0.15, 0.2) is 6.73 Å². The average molecular weight is 384 g/mol. The molecule has 2 heterocycles. The third-order valence-electron chi connectivity index (χ3n) is 4.37. The monoisotopic (exact) mass is 384 g/mol. The molecule has 0 saturated heterocycles. The normalized spacial score (nSPS) is 10.5. The Bertz CT molecular complexity index is 1060. The molecule has 1 N–H and O–H groups in total. The van der Waals surface area contributed by atoms with Crippen LogP contribution < -0.4 is 10.1 Å². The van der Waals surface area contributed by atoms with Gasteiger partial charge in [0.25, 0.3) is 5.91 Å². The molecule has 0 radical (unpaired) electrons. The van der Waals surface area contributed by atoms with Crippen molar-refractivity contribution >= 4 is 5.91 Å². The van der Waals surface area contributed by atoms with Crippen LogP contribution in [0.5, 0.6) is 5.75 Å². The number of rotatable bonds is 7. The van der Waals surface area contributed by atoms with Gasteiger partial charge in [-0.25, -0.2) is 4.68 Å². The number of hydrogen-bond acceptors (Lipinski definition) is 4. The molecule has 2 aromatic heterocycles. The maximum atomic E-state index is 12.2. The second-order valence-electron chi connectivity index (χ2n) is 6.45. The van der Waals surface area contributed by atoms with E-state index in [0.29, 0.717) is 12.2 Å². The van der Waals surface area contributed by atoms with Crippen molar-refractivity contribution in [3.8, 4) is 16.9 Å². The Morgan fingerprint density at radius 3 is 2.48 bits per heavy atom. The molecule has 4 aromatic rings. The van der Waals surface area contributed by atoms with Crippen LogP contribution in [0.25, 0.3) is 11.1 Å². The van der Waals surface area contributed by atoms with Crippen LogP contribution in [0.1, 0.15) is 16.1 Å². The maximum Gasteiger partial charge on any atom is 0.272 e. The third-order valence-corrected chi connectivity index (χ3v) is 4.37. The van der Waals surface area contributed by atoms with Gasteiger partial charge < -0.3 is 10.1 Å². The molecule has 0 spiro atoms. The first kappa shape index (κ1) is 18.4. The lowest BCUT2D eigenvalue weighted by molar-refractivity contribution is 0.0944. The van der Waals surface area contributed by atoms with Crippen molar-refractivity contribution in [2.24, 2.45) is 0 Å². The summed E-state index contributed by atoms with van der Waals surface area (Å²) in [5.41, 5.74) is 3.57. The van der Waals surface area contributed by atoms with E-state index in [-0.39, 0.29) is 12.6 Å². The highest BCUT2D eigenvalue weighted by molar-refractivity contribution is 5.92. The van der Waals surface area contributed by atoms with Crippen molar-refractivity contribution in [3.63, 3.8) is 0 Å². The van der Waals surface area contributed by atoms with E-state index >= 15 is 0 Å². The topological polar surface area (TPSA) is 69.0 Å². The molecule has 2 aromatic carbocycles. The van der Waals surface area contributed by atoms with Gasteiger partial charge in [-0.3, -0.25) is 9.78 Å². The van der Waals surface area contributed by atoms with Crippen LogP contribution >= 0.6 is 0 Å². The largest absolute Gasteiger partial charge is 0.471 e. The lowest BCUT2D eigenvalue weighted by atomic mass is 10.1. The van der Waals surface area contributed by atoms with E-state index in [1.807, 2.05) is 54.6 Å². The number of aromatic nitrogens is 3. The molecule has 0 atom stereocenters. The van der Waals surface area contributed by atoms with E-state index in [1.54, 1.807) is 29.3 Å². The first-order chi connectivity index (χ1) is 14.3. The number of carbonyl (C=O) groups excluding carboxylic acids is 1. The first-order valence-electron chi connectivity index (χ1n) is 9.27. The molecule has 0 bridgehead atoms. The van der Waals surface area contributed by atoms with Gasteiger partial charge in [-0.1, -0.05) is 48.5 Å². The van der Waals surface area contributed by atoms with Crippen LogP contribution in [0.4, 0.5) is 0 Å². The quantitative estimate of drug-likeness (QED) is 0.524. The molecule has 0 saturated carbocycles. The zero-order valence-corrected chi connectivity index (χ0v) is 15.7. The standard InChI is InChI=1S/C23H20N4O2/c28-23(25-16-18-5-4-13-24-15-18)22-12-14-27(26-22)17-29-21-10-8-20(9-11-21)19-6-2-1-3-7-19/h1-15H,16-17H2,(H,25,28). The zero-order valence-electron chi connectivity index (χ0n) is 15.7. The highest BCUT2D eigenvalue weighted by Crippen LogP contribution is 2.22. The van der Waals surface area contributed by atoms with Gasteiger partial charge in [0.05, 0.1) is 0 Å². The van der Waals surface area contributed by atoms with Crippen molar-refractivity contribution in [3.05, 3.63) is 103 Å². The number of benzene rings is 2. The third kappa shape index (κ3) is 4.87. The molecule has 144 valence electrons. The lowest BCUT2D eigenvalue weighted by Gasteiger charge is -2.07. The van der Waals surface area contributed by atoms with Gasteiger partial charge in [-0.15, -0.1) is 0 Å². The van der Waals surface area contributed by atoms with Crippen molar-refractivity contribution in [1.82, 2.24) is 20.1 Å². The van der Waals surface area contributed by atoms with Gasteiger partial charge in [-0.2, -0.15) is 5.10 Å². The SMILES string of the molecule is O=C(NCc1cccnc1)c1ccn(COc2ccc(-c3ccccc3)cc2)n1. The van der Waals surface area contributed by atoms with E-state index in [9.17, 15) is 4.79 Å². The molecule has 0 aliphatic heterocycles. The van der Waals surface area contributed by atoms with Crippen molar-refractivity contribution in [2.45, 2.75) is 13.3 Å². The molecular weight excluding hydrogens is 364 g/mol. The van der Waals surface area contributed by atoms with Gasteiger partial charge in [0.1, 0.15) is 11.4 Å². The predicted octanol–water partition coefficient (Wildman–Crippen LogP) is 3.91. The second kappa shape index (κ2) is 8.84. The summed E-state index contributed by atoms with van der Waals surface area (Å²) in [6.07, 6.45) is 5.13. The molecule has 0 unspecified atom stereocenters. The van der Waals surface area contributed by atoms with E-state index in [1.165, 1.54) is 0 Å². The van der Waals surface area contributed by atoms with Gasteiger partial charge >= 0.3 is 0 Å². The van der Waals surface area contributed by atoms with E-state index in [2.05, 4.69) is 27.5 Å². The van der Waals surface area contributed by atoms with Crippen LogP contribution in [0, 0.1) is 0 Å². The number of hydrogen-bond donors (Lipinski definition) is 1. The number of pyridine rings is 1. The Morgan fingerprint density at radius 1 is 0.931 bits per heavy atom. The molecule has 6 nitrogen and oxygen atoms in total. The fourth-order valence-electron chi connectivity index (χ4n) is 2.85.